The maximum atomic E-state index is 11.3. The topological polar surface area (TPSA) is 89.3 Å². The van der Waals surface area contributed by atoms with E-state index in [2.05, 4.69) is 15.6 Å². The highest BCUT2D eigenvalue weighted by Crippen LogP contribution is 2.07. The molecule has 0 fully saturated rings. The van der Waals surface area contributed by atoms with Gasteiger partial charge in [0.15, 0.2) is 0 Å². The lowest BCUT2D eigenvalue weighted by Crippen LogP contribution is -2.34. The average molecular weight is 252 g/mol. The van der Waals surface area contributed by atoms with E-state index in [9.17, 15) is 4.79 Å². The molecule has 0 saturated heterocycles. The summed E-state index contributed by atoms with van der Waals surface area (Å²) in [7, 11) is 0. The van der Waals surface area contributed by atoms with Gasteiger partial charge in [-0.25, -0.2) is 9.78 Å². The zero-order valence-corrected chi connectivity index (χ0v) is 11.0. The fourth-order valence-corrected chi connectivity index (χ4v) is 1.20. The van der Waals surface area contributed by atoms with Gasteiger partial charge in [0, 0.05) is 13.1 Å². The van der Waals surface area contributed by atoms with E-state index < -0.39 is 11.7 Å². The molecule has 0 aliphatic carbocycles. The van der Waals surface area contributed by atoms with Crippen LogP contribution in [0.2, 0.25) is 0 Å². The second kappa shape index (κ2) is 6.09. The lowest BCUT2D eigenvalue weighted by molar-refractivity contribution is 0.0530. The number of nitrogens with zero attached hydrogens (tertiary/aromatic N) is 1. The molecule has 0 spiro atoms. The number of nitrogens with two attached hydrogens (primary N) is 1. The molecule has 0 atom stereocenters. The SMILES string of the molecule is CC(C)(C)OC(=O)NCCNc1ccc(N)nc1. The standard InChI is InChI=1S/C12H20N4O2/c1-12(2,3)18-11(17)15-7-6-14-9-4-5-10(13)16-8-9/h4-5,8,14H,6-7H2,1-3H3,(H2,13,16)(H,15,17). The van der Waals surface area contributed by atoms with Crippen molar-refractivity contribution in [2.75, 3.05) is 24.1 Å². The Kier molecular flexibility index (Phi) is 4.76. The van der Waals surface area contributed by atoms with Crippen LogP contribution in [-0.4, -0.2) is 29.8 Å². The Morgan fingerprint density at radius 3 is 2.67 bits per heavy atom. The van der Waals surface area contributed by atoms with Gasteiger partial charge in [-0.1, -0.05) is 0 Å². The van der Waals surface area contributed by atoms with Crippen molar-refractivity contribution < 1.29 is 9.53 Å². The molecule has 1 rings (SSSR count). The van der Waals surface area contributed by atoms with Gasteiger partial charge in [-0.15, -0.1) is 0 Å². The highest BCUT2D eigenvalue weighted by atomic mass is 16.6. The average Bonchev–Trinajstić information content (AvgIpc) is 2.24. The molecule has 1 amide bonds. The van der Waals surface area contributed by atoms with Gasteiger partial charge in [0.05, 0.1) is 11.9 Å². The Labute approximate surface area is 107 Å². The van der Waals surface area contributed by atoms with E-state index in [1.54, 1.807) is 12.3 Å². The number of rotatable bonds is 4. The van der Waals surface area contributed by atoms with E-state index in [1.807, 2.05) is 26.8 Å². The molecular formula is C12H20N4O2. The van der Waals surface area contributed by atoms with Crippen molar-refractivity contribution in [2.24, 2.45) is 0 Å². The summed E-state index contributed by atoms with van der Waals surface area (Å²) in [4.78, 5) is 15.3. The number of nitrogen functional groups attached to an aromatic ring is 1. The number of anilines is 2. The molecule has 100 valence electrons. The van der Waals surface area contributed by atoms with E-state index in [4.69, 9.17) is 10.5 Å². The first-order valence-corrected chi connectivity index (χ1v) is 5.79. The van der Waals surface area contributed by atoms with Gasteiger partial charge in [-0.2, -0.15) is 0 Å². The van der Waals surface area contributed by atoms with E-state index in [-0.39, 0.29) is 0 Å². The maximum Gasteiger partial charge on any atom is 0.407 e. The van der Waals surface area contributed by atoms with Crippen LogP contribution in [-0.2, 0) is 4.74 Å². The van der Waals surface area contributed by atoms with Gasteiger partial charge < -0.3 is 21.1 Å². The van der Waals surface area contributed by atoms with Gasteiger partial charge in [0.2, 0.25) is 0 Å². The van der Waals surface area contributed by atoms with Crippen molar-refractivity contribution >= 4 is 17.6 Å². The zero-order valence-electron chi connectivity index (χ0n) is 11.0. The number of nitrogens with one attached hydrogen (secondary N) is 2. The molecule has 0 aliphatic heterocycles. The van der Waals surface area contributed by atoms with Crippen molar-refractivity contribution in [1.82, 2.24) is 10.3 Å². The van der Waals surface area contributed by atoms with Crippen LogP contribution in [0.15, 0.2) is 18.3 Å². The number of hydrogen-bond acceptors (Lipinski definition) is 5. The fourth-order valence-electron chi connectivity index (χ4n) is 1.20. The Morgan fingerprint density at radius 2 is 2.11 bits per heavy atom. The summed E-state index contributed by atoms with van der Waals surface area (Å²) in [5.41, 5.74) is 5.85. The molecule has 1 aromatic rings. The summed E-state index contributed by atoms with van der Waals surface area (Å²) >= 11 is 0. The fraction of sp³-hybridized carbons (Fsp3) is 0.500. The van der Waals surface area contributed by atoms with Crippen LogP contribution in [0.25, 0.3) is 0 Å². The van der Waals surface area contributed by atoms with Crippen LogP contribution in [0.1, 0.15) is 20.8 Å². The molecule has 6 heteroatoms. The largest absolute Gasteiger partial charge is 0.444 e. The quantitative estimate of drug-likeness (QED) is 0.708. The van der Waals surface area contributed by atoms with Crippen LogP contribution in [0.3, 0.4) is 0 Å². The molecule has 0 bridgehead atoms. The number of carbonyl (C=O) groups is 1. The molecule has 1 aromatic heterocycles. The van der Waals surface area contributed by atoms with Crippen molar-refractivity contribution in [3.8, 4) is 0 Å². The summed E-state index contributed by atoms with van der Waals surface area (Å²) in [6.45, 7) is 6.53. The highest BCUT2D eigenvalue weighted by molar-refractivity contribution is 5.67. The van der Waals surface area contributed by atoms with Gasteiger partial charge >= 0.3 is 6.09 Å². The molecule has 1 heterocycles. The minimum absolute atomic E-state index is 0.417. The number of carbonyl (C=O) groups excluding carboxylic acids is 1. The number of aromatic nitrogens is 1. The summed E-state index contributed by atoms with van der Waals surface area (Å²) in [5.74, 6) is 0.479. The maximum absolute atomic E-state index is 11.3. The molecular weight excluding hydrogens is 232 g/mol. The van der Waals surface area contributed by atoms with Gasteiger partial charge in [-0.05, 0) is 32.9 Å². The molecule has 4 N–H and O–H groups in total. The van der Waals surface area contributed by atoms with Gasteiger partial charge in [0.1, 0.15) is 11.4 Å². The van der Waals surface area contributed by atoms with Crippen LogP contribution in [0, 0.1) is 0 Å². The van der Waals surface area contributed by atoms with Crippen molar-refractivity contribution in [1.29, 1.82) is 0 Å². The number of pyridine rings is 1. The zero-order chi connectivity index (χ0) is 13.6. The molecule has 0 unspecified atom stereocenters. The predicted molar refractivity (Wildman–Crippen MR) is 71.4 cm³/mol. The second-order valence-corrected chi connectivity index (χ2v) is 4.83. The number of alkyl carbamates (subject to hydrolysis) is 1. The normalized spacial score (nSPS) is 10.8. The first-order chi connectivity index (χ1) is 8.37. The van der Waals surface area contributed by atoms with Crippen LogP contribution >= 0.6 is 0 Å². The third kappa shape index (κ3) is 5.93. The number of hydrogen-bond donors (Lipinski definition) is 3. The molecule has 0 saturated carbocycles. The van der Waals surface area contributed by atoms with Crippen molar-refractivity contribution in [2.45, 2.75) is 26.4 Å². The van der Waals surface area contributed by atoms with Crippen LogP contribution in [0.5, 0.6) is 0 Å². The number of ether oxygens (including phenoxy) is 1. The van der Waals surface area contributed by atoms with Gasteiger partial charge in [-0.3, -0.25) is 0 Å². The Morgan fingerprint density at radius 1 is 1.39 bits per heavy atom. The minimum atomic E-state index is -0.474. The first-order valence-electron chi connectivity index (χ1n) is 5.79. The third-order valence-electron chi connectivity index (χ3n) is 1.91. The van der Waals surface area contributed by atoms with Crippen LogP contribution in [0.4, 0.5) is 16.3 Å². The molecule has 0 aromatic carbocycles. The number of amides is 1. The summed E-state index contributed by atoms with van der Waals surface area (Å²) in [6.07, 6.45) is 1.22. The molecule has 0 radical (unpaired) electrons. The smallest absolute Gasteiger partial charge is 0.407 e. The summed E-state index contributed by atoms with van der Waals surface area (Å²) < 4.78 is 5.10. The Bertz CT molecular complexity index is 384. The highest BCUT2D eigenvalue weighted by Gasteiger charge is 2.15. The predicted octanol–water partition coefficient (Wildman–Crippen LogP) is 1.60. The minimum Gasteiger partial charge on any atom is -0.444 e. The van der Waals surface area contributed by atoms with Crippen molar-refractivity contribution in [3.63, 3.8) is 0 Å². The first kappa shape index (κ1) is 14.1. The molecule has 18 heavy (non-hydrogen) atoms. The van der Waals surface area contributed by atoms with E-state index in [0.717, 1.165) is 5.69 Å². The van der Waals surface area contributed by atoms with Gasteiger partial charge in [0.25, 0.3) is 0 Å². The van der Waals surface area contributed by atoms with E-state index in [0.29, 0.717) is 18.9 Å². The monoisotopic (exact) mass is 252 g/mol. The molecule has 0 aliphatic rings. The Balaban J connectivity index is 2.19. The summed E-state index contributed by atoms with van der Waals surface area (Å²) in [5, 5.41) is 5.75. The lowest BCUT2D eigenvalue weighted by atomic mass is 10.2. The van der Waals surface area contributed by atoms with E-state index in [1.165, 1.54) is 0 Å². The second-order valence-electron chi connectivity index (χ2n) is 4.83. The lowest BCUT2D eigenvalue weighted by Gasteiger charge is -2.19. The Hall–Kier alpha value is -1.98. The molecule has 6 nitrogen and oxygen atoms in total. The van der Waals surface area contributed by atoms with Crippen molar-refractivity contribution in [3.05, 3.63) is 18.3 Å². The summed E-state index contributed by atoms with van der Waals surface area (Å²) in [6, 6.07) is 3.54. The van der Waals surface area contributed by atoms with E-state index >= 15 is 0 Å². The third-order valence-corrected chi connectivity index (χ3v) is 1.91. The van der Waals surface area contributed by atoms with Crippen LogP contribution < -0.4 is 16.4 Å².